The molecule has 6 atom stereocenters. The Bertz CT molecular complexity index is 4120. The normalized spacial score (nSPS) is 20.3. The summed E-state index contributed by atoms with van der Waals surface area (Å²) in [5.74, 6) is -3.51. The molecule has 0 radical (unpaired) electrons. The Labute approximate surface area is 580 Å². The molecule has 2 unspecified atom stereocenters. The fourth-order valence-electron chi connectivity index (χ4n) is 9.45. The van der Waals surface area contributed by atoms with Gasteiger partial charge in [0.15, 0.2) is 0 Å². The second-order valence-electron chi connectivity index (χ2n) is 20.5. The van der Waals surface area contributed by atoms with Gasteiger partial charge in [0.1, 0.15) is 50.6 Å². The summed E-state index contributed by atoms with van der Waals surface area (Å²) < 4.78 is 127. The Morgan fingerprint density at radius 1 is 0.438 bits per heavy atom. The number of anilines is 3. The fraction of sp³-hybridized carbons (Fsp3) is 0.250. The van der Waals surface area contributed by atoms with E-state index in [2.05, 4.69) is 60.0 Å². The maximum absolute atomic E-state index is 13.4. The minimum absolute atomic E-state index is 0. The highest BCUT2D eigenvalue weighted by Gasteiger charge is 2.45. The quantitative estimate of drug-likeness (QED) is 0.0662. The molecule has 9 aromatic rings. The van der Waals surface area contributed by atoms with E-state index in [1.165, 1.54) is 91.6 Å². The summed E-state index contributed by atoms with van der Waals surface area (Å²) in [5, 5.41) is 8.94. The Balaban J connectivity index is 0.000000200. The second kappa shape index (κ2) is 32.4. The minimum atomic E-state index is -3.93. The zero-order chi connectivity index (χ0) is 66.5. The predicted octanol–water partition coefficient (Wildman–Crippen LogP) is 11.6. The third-order valence-electron chi connectivity index (χ3n) is 14.4. The fourth-order valence-corrected chi connectivity index (χ4v) is 16.8. The average molecular weight is 1490 g/mol. The molecule has 6 aromatic heterocycles. The first-order chi connectivity index (χ1) is 44.2. The largest absolute Gasteiger partial charge is 0.325 e. The summed E-state index contributed by atoms with van der Waals surface area (Å²) >= 11 is 21.2. The number of pyridine rings is 3. The molecule has 9 heterocycles. The van der Waals surface area contributed by atoms with Crippen molar-refractivity contribution in [1.29, 1.82) is 0 Å². The van der Waals surface area contributed by atoms with Gasteiger partial charge in [-0.15, -0.1) is 34.0 Å². The molecule has 12 rings (SSSR count). The van der Waals surface area contributed by atoms with Crippen LogP contribution in [0.4, 0.5) is 30.2 Å². The monoisotopic (exact) mass is 1490 g/mol. The first-order valence-corrected chi connectivity index (χ1v) is 35.3. The number of thiazole rings is 3. The molecule has 3 aromatic carbocycles. The highest BCUT2D eigenvalue weighted by atomic mass is 35.5. The molecule has 3 aliphatic rings. The van der Waals surface area contributed by atoms with E-state index in [0.717, 1.165) is 62.8 Å². The topological polar surface area (TPSA) is 313 Å². The zero-order valence-electron chi connectivity index (χ0n) is 48.4. The van der Waals surface area contributed by atoms with Crippen LogP contribution >= 0.6 is 68.8 Å². The van der Waals surface area contributed by atoms with E-state index in [-0.39, 0.29) is 73.7 Å². The van der Waals surface area contributed by atoms with Gasteiger partial charge in [-0.2, -0.15) is 52.3 Å². The highest BCUT2D eigenvalue weighted by molar-refractivity contribution is 7.87. The number of likely N-dealkylation sites (N-methyl/N-ethyl adjacent to an activating group) is 3. The number of carbonyl (C=O) groups is 3. The first kappa shape index (κ1) is 76.1. The van der Waals surface area contributed by atoms with Crippen LogP contribution in [-0.4, -0.2) is 125 Å². The third-order valence-corrected chi connectivity index (χ3v) is 23.4. The van der Waals surface area contributed by atoms with E-state index in [9.17, 15) is 52.8 Å². The Kier molecular flexibility index (Phi) is 25.6. The Morgan fingerprint density at radius 2 is 0.698 bits per heavy atom. The first-order valence-electron chi connectivity index (χ1n) is 27.4. The van der Waals surface area contributed by atoms with Crippen molar-refractivity contribution in [3.63, 3.8) is 0 Å². The van der Waals surface area contributed by atoms with Crippen LogP contribution < -0.4 is 30.1 Å². The van der Waals surface area contributed by atoms with Gasteiger partial charge in [-0.3, -0.25) is 29.3 Å². The van der Waals surface area contributed by atoms with Crippen LogP contribution in [-0.2, 0) is 45.0 Å². The molecule has 3 amide bonds. The summed E-state index contributed by atoms with van der Waals surface area (Å²) in [6, 6.07) is 22.6. The number of hydrogen-bond donors (Lipinski definition) is 6. The van der Waals surface area contributed by atoms with Crippen LogP contribution in [0.1, 0.15) is 74.7 Å². The number of hydrogen-bond acceptors (Lipinski definition) is 18. The molecule has 0 saturated carbocycles. The molecular weight excluding hydrogens is 1430 g/mol. The van der Waals surface area contributed by atoms with Gasteiger partial charge in [-0.25, -0.2) is 28.1 Å². The van der Waals surface area contributed by atoms with Crippen molar-refractivity contribution in [2.75, 3.05) is 37.1 Å². The summed E-state index contributed by atoms with van der Waals surface area (Å²) in [7, 11) is -7.82. The summed E-state index contributed by atoms with van der Waals surface area (Å²) in [6.45, 7) is 0. The summed E-state index contributed by atoms with van der Waals surface area (Å²) in [5.41, 5.74) is 2.98. The molecule has 6 N–H and O–H groups in total. The van der Waals surface area contributed by atoms with Crippen molar-refractivity contribution in [3.05, 3.63) is 194 Å². The van der Waals surface area contributed by atoms with Gasteiger partial charge >= 0.3 is 0 Å². The second-order valence-corrected chi connectivity index (χ2v) is 30.2. The maximum Gasteiger partial charge on any atom is 0.280 e. The number of amides is 3. The molecule has 510 valence electrons. The lowest BCUT2D eigenvalue weighted by Gasteiger charge is -2.35. The number of carbonyl (C=O) groups excluding carboxylic acids is 3. The van der Waals surface area contributed by atoms with E-state index in [0.29, 0.717) is 15.0 Å². The average Bonchev–Trinajstić information content (AvgIpc) is 1.32. The van der Waals surface area contributed by atoms with Gasteiger partial charge in [0.2, 0.25) is 17.7 Å². The van der Waals surface area contributed by atoms with Gasteiger partial charge in [-0.05, 0) is 110 Å². The van der Waals surface area contributed by atoms with Crippen LogP contribution in [0.5, 0.6) is 0 Å². The number of nitrogens with one attached hydrogen (secondary N) is 6. The summed E-state index contributed by atoms with van der Waals surface area (Å²) in [6.07, 6.45) is 10.3. The van der Waals surface area contributed by atoms with E-state index in [1.807, 2.05) is 36.4 Å². The number of rotatable bonds is 12. The lowest BCUT2D eigenvalue weighted by atomic mass is 10.1. The van der Waals surface area contributed by atoms with Crippen molar-refractivity contribution in [2.45, 2.75) is 77.8 Å². The van der Waals surface area contributed by atoms with Gasteiger partial charge in [-0.1, -0.05) is 75.3 Å². The van der Waals surface area contributed by atoms with Gasteiger partial charge in [0, 0.05) is 75.4 Å². The Hall–Kier alpha value is -7.32. The summed E-state index contributed by atoms with van der Waals surface area (Å²) in [4.78, 5) is 66.8. The van der Waals surface area contributed by atoms with E-state index in [1.54, 1.807) is 55.4 Å². The van der Waals surface area contributed by atoms with Crippen LogP contribution in [0.15, 0.2) is 146 Å². The smallest absolute Gasteiger partial charge is 0.280 e. The lowest BCUT2D eigenvalue weighted by molar-refractivity contribution is -0.120. The van der Waals surface area contributed by atoms with Crippen molar-refractivity contribution in [2.24, 2.45) is 0 Å². The van der Waals surface area contributed by atoms with E-state index in [4.69, 9.17) is 34.8 Å². The molecule has 0 spiro atoms. The molecule has 0 aliphatic carbocycles. The molecular formula is C60H63Cl3F3N15O9S6. The van der Waals surface area contributed by atoms with Gasteiger partial charge in [0.05, 0.1) is 64.9 Å². The lowest BCUT2D eigenvalue weighted by Crippen LogP contribution is -2.55. The molecule has 3 fully saturated rings. The predicted molar refractivity (Wildman–Crippen MR) is 369 cm³/mol. The molecule has 36 heteroatoms. The van der Waals surface area contributed by atoms with E-state index < -0.39 is 102 Å². The molecule has 24 nitrogen and oxygen atoms in total. The maximum atomic E-state index is 13.4. The van der Waals surface area contributed by atoms with Crippen LogP contribution in [0.25, 0.3) is 31.7 Å². The SMILES string of the molecule is C.C.C.CN1C(C(=O)Nc2ccc(F)c(Cl)c2)CC(c2ncc(-c3ccccn3)s2)NS1(=O)=O.CN1[C@@H](C(=O)Nc2ccc(F)c(Cl)c2)C[C@@H](c2ncc(-c3ccccn3)s2)NS1(=O)=O.CN1[C@H](C(=O)Nc2ccc(F)c(Cl)c2)C[C@H](c2ncc(-c3ccccn3)s2)NS1(=O)=O. The minimum Gasteiger partial charge on any atom is -0.325 e. The number of benzene rings is 3. The molecule has 0 bridgehead atoms. The zero-order valence-corrected chi connectivity index (χ0v) is 55.5. The highest BCUT2D eigenvalue weighted by Crippen LogP contribution is 2.38. The van der Waals surface area contributed by atoms with Crippen molar-refractivity contribution in [1.82, 2.24) is 57.0 Å². The van der Waals surface area contributed by atoms with Gasteiger partial charge in [0.25, 0.3) is 30.6 Å². The van der Waals surface area contributed by atoms with Crippen LogP contribution in [0.2, 0.25) is 15.1 Å². The number of aromatic nitrogens is 6. The standard InChI is InChI=1S/3C19H17ClFN5O3S2.3CH4/c3*1-26-16(18(27)24-11-5-6-13(21)12(20)8-11)9-15(25-31(26,28)29)19-23-10-17(30-19)14-4-2-3-7-22-14;;;/h3*2-8,10,15-16,25H,9H2,1H3,(H,24,27);3*1H4/t2*15-,16+;;;;/m10..../s1. The van der Waals surface area contributed by atoms with E-state index >= 15 is 0 Å². The Morgan fingerprint density at radius 3 is 0.927 bits per heavy atom. The van der Waals surface area contributed by atoms with Crippen LogP contribution in [0, 0.1) is 17.5 Å². The van der Waals surface area contributed by atoms with Crippen LogP contribution in [0.3, 0.4) is 0 Å². The molecule has 3 aliphatic heterocycles. The molecule has 3 saturated heterocycles. The van der Waals surface area contributed by atoms with Crippen molar-refractivity contribution in [3.8, 4) is 31.7 Å². The van der Waals surface area contributed by atoms with Gasteiger partial charge < -0.3 is 16.0 Å². The number of halogens is 6. The number of nitrogens with zero attached hydrogens (tertiary/aromatic N) is 9. The third kappa shape index (κ3) is 18.1. The van der Waals surface area contributed by atoms with Crippen molar-refractivity contribution >= 4 is 134 Å². The van der Waals surface area contributed by atoms with Crippen molar-refractivity contribution < 1.29 is 52.8 Å². The molecule has 96 heavy (non-hydrogen) atoms.